The van der Waals surface area contributed by atoms with Gasteiger partial charge in [-0.25, -0.2) is 4.68 Å². The van der Waals surface area contributed by atoms with E-state index in [1.807, 2.05) is 0 Å². The van der Waals surface area contributed by atoms with Crippen LogP contribution < -0.4 is 0 Å². The van der Waals surface area contributed by atoms with Crippen molar-refractivity contribution in [1.29, 1.82) is 0 Å². The molecule has 1 aromatic carbocycles. The maximum absolute atomic E-state index is 10.6. The van der Waals surface area contributed by atoms with Crippen LogP contribution in [0.15, 0.2) is 24.3 Å². The molecule has 0 atom stereocenters. The Bertz CT molecular complexity index is 609. The number of rotatable bonds is 4. The molecule has 0 spiro atoms. The zero-order valence-electron chi connectivity index (χ0n) is 8.92. The second-order valence-electron chi connectivity index (χ2n) is 3.36. The van der Waals surface area contributed by atoms with E-state index in [1.165, 1.54) is 18.2 Å². The number of non-ortho nitro benzene ring substituents is 1. The van der Waals surface area contributed by atoms with Gasteiger partial charge in [0.2, 0.25) is 0 Å². The lowest BCUT2D eigenvalue weighted by Crippen LogP contribution is -2.11. The van der Waals surface area contributed by atoms with E-state index in [9.17, 15) is 14.9 Å². The van der Waals surface area contributed by atoms with E-state index in [2.05, 4.69) is 15.5 Å². The van der Waals surface area contributed by atoms with Gasteiger partial charge in [-0.05, 0) is 10.4 Å². The molecule has 2 aromatic rings. The Morgan fingerprint density at radius 3 is 2.94 bits per heavy atom. The second kappa shape index (κ2) is 4.57. The van der Waals surface area contributed by atoms with Gasteiger partial charge < -0.3 is 5.11 Å². The first-order valence-corrected chi connectivity index (χ1v) is 4.80. The highest BCUT2D eigenvalue weighted by atomic mass is 16.6. The molecule has 0 unspecified atom stereocenters. The summed E-state index contributed by atoms with van der Waals surface area (Å²) in [4.78, 5) is 20.7. The van der Waals surface area contributed by atoms with Gasteiger partial charge in [-0.2, -0.15) is 0 Å². The van der Waals surface area contributed by atoms with Crippen molar-refractivity contribution in [1.82, 2.24) is 20.2 Å². The van der Waals surface area contributed by atoms with Crippen LogP contribution in [-0.2, 0) is 11.3 Å². The number of nitro benzene ring substituents is 1. The number of carboxylic acid groups (broad SMARTS) is 1. The number of carbonyl (C=O) groups is 1. The number of nitrogens with zero attached hydrogens (tertiary/aromatic N) is 5. The zero-order chi connectivity index (χ0) is 13.1. The molecule has 0 aliphatic rings. The van der Waals surface area contributed by atoms with Gasteiger partial charge in [0.25, 0.3) is 5.69 Å². The fraction of sp³-hybridized carbons (Fsp3) is 0.111. The van der Waals surface area contributed by atoms with E-state index in [-0.39, 0.29) is 11.5 Å². The van der Waals surface area contributed by atoms with Crippen molar-refractivity contribution >= 4 is 11.7 Å². The molecule has 18 heavy (non-hydrogen) atoms. The minimum absolute atomic E-state index is 0.114. The predicted octanol–water partition coefficient (Wildman–Crippen LogP) is 0.333. The highest BCUT2D eigenvalue weighted by Crippen LogP contribution is 2.21. The van der Waals surface area contributed by atoms with E-state index in [4.69, 9.17) is 5.11 Å². The molecule has 0 aliphatic heterocycles. The topological polar surface area (TPSA) is 124 Å². The Labute approximate surface area is 99.8 Å². The van der Waals surface area contributed by atoms with Gasteiger partial charge in [-0.15, -0.1) is 5.10 Å². The smallest absolute Gasteiger partial charge is 0.325 e. The third-order valence-electron chi connectivity index (χ3n) is 2.13. The molecule has 0 bridgehead atoms. The summed E-state index contributed by atoms with van der Waals surface area (Å²) in [6.45, 7) is -0.412. The summed E-state index contributed by atoms with van der Waals surface area (Å²) in [7, 11) is 0. The number of aromatic nitrogens is 4. The standard InChI is InChI=1S/C9H7N5O4/c15-8(16)5-13-9(10-11-12-13)6-2-1-3-7(4-6)14(17)18/h1-4H,5H2,(H,15,16). The summed E-state index contributed by atoms with van der Waals surface area (Å²) in [5, 5.41) is 29.8. The summed E-state index contributed by atoms with van der Waals surface area (Å²) < 4.78 is 1.06. The molecule has 0 saturated carbocycles. The van der Waals surface area contributed by atoms with Crippen molar-refractivity contribution in [3.63, 3.8) is 0 Å². The number of hydrogen-bond donors (Lipinski definition) is 1. The van der Waals surface area contributed by atoms with Gasteiger partial charge in [0, 0.05) is 17.7 Å². The van der Waals surface area contributed by atoms with Gasteiger partial charge in [0.05, 0.1) is 4.92 Å². The zero-order valence-corrected chi connectivity index (χ0v) is 8.92. The average Bonchev–Trinajstić information content (AvgIpc) is 2.76. The number of carboxylic acids is 1. The van der Waals surface area contributed by atoms with Crippen molar-refractivity contribution < 1.29 is 14.8 Å². The Hall–Kier alpha value is -2.84. The molecule has 9 nitrogen and oxygen atoms in total. The van der Waals surface area contributed by atoms with Crippen LogP contribution in [-0.4, -0.2) is 36.2 Å². The Kier molecular flexibility index (Phi) is 2.96. The largest absolute Gasteiger partial charge is 0.480 e. The minimum Gasteiger partial charge on any atom is -0.480 e. The monoisotopic (exact) mass is 249 g/mol. The van der Waals surface area contributed by atoms with Crippen LogP contribution >= 0.6 is 0 Å². The molecular weight excluding hydrogens is 242 g/mol. The van der Waals surface area contributed by atoms with Gasteiger partial charge in [-0.3, -0.25) is 14.9 Å². The van der Waals surface area contributed by atoms with Gasteiger partial charge in [0.15, 0.2) is 5.82 Å². The molecule has 2 rings (SSSR count). The van der Waals surface area contributed by atoms with Gasteiger partial charge in [0.1, 0.15) is 6.54 Å². The third-order valence-corrected chi connectivity index (χ3v) is 2.13. The lowest BCUT2D eigenvalue weighted by Gasteiger charge is -2.01. The number of benzene rings is 1. The van der Waals surface area contributed by atoms with Crippen LogP contribution in [0.25, 0.3) is 11.4 Å². The predicted molar refractivity (Wildman–Crippen MR) is 57.5 cm³/mol. The maximum atomic E-state index is 10.6. The van der Waals surface area contributed by atoms with Gasteiger partial charge in [-0.1, -0.05) is 12.1 Å². The van der Waals surface area contributed by atoms with E-state index in [0.29, 0.717) is 5.56 Å². The van der Waals surface area contributed by atoms with Gasteiger partial charge >= 0.3 is 5.97 Å². The van der Waals surface area contributed by atoms with E-state index in [0.717, 1.165) is 4.68 Å². The minimum atomic E-state index is -1.10. The quantitative estimate of drug-likeness (QED) is 0.611. The number of aliphatic carboxylic acids is 1. The van der Waals surface area contributed by atoms with Crippen LogP contribution in [0.5, 0.6) is 0 Å². The maximum Gasteiger partial charge on any atom is 0.325 e. The summed E-state index contributed by atoms with van der Waals surface area (Å²) in [6.07, 6.45) is 0. The molecule has 1 aromatic heterocycles. The average molecular weight is 249 g/mol. The van der Waals surface area contributed by atoms with Crippen molar-refractivity contribution in [2.24, 2.45) is 0 Å². The molecule has 0 aliphatic carbocycles. The third kappa shape index (κ3) is 2.29. The fourth-order valence-electron chi connectivity index (χ4n) is 1.40. The van der Waals surface area contributed by atoms with Crippen LogP contribution in [0, 0.1) is 10.1 Å². The summed E-state index contributed by atoms with van der Waals surface area (Å²) in [5.74, 6) is -0.935. The molecule has 1 N–H and O–H groups in total. The Morgan fingerprint density at radius 2 is 2.28 bits per heavy atom. The lowest BCUT2D eigenvalue weighted by molar-refractivity contribution is -0.384. The molecular formula is C9H7N5O4. The number of nitro groups is 1. The first-order valence-electron chi connectivity index (χ1n) is 4.80. The SMILES string of the molecule is O=C(O)Cn1nnnc1-c1cccc([N+](=O)[O-])c1. The van der Waals surface area contributed by atoms with E-state index in [1.54, 1.807) is 6.07 Å². The normalized spacial score (nSPS) is 10.2. The van der Waals surface area contributed by atoms with Crippen LogP contribution in [0.3, 0.4) is 0 Å². The van der Waals surface area contributed by atoms with Crippen LogP contribution in [0.4, 0.5) is 5.69 Å². The molecule has 0 amide bonds. The Morgan fingerprint density at radius 1 is 1.50 bits per heavy atom. The van der Waals surface area contributed by atoms with Crippen molar-refractivity contribution in [3.05, 3.63) is 34.4 Å². The summed E-state index contributed by atoms with van der Waals surface area (Å²) in [5.41, 5.74) is 0.271. The highest BCUT2D eigenvalue weighted by Gasteiger charge is 2.14. The number of tetrazole rings is 1. The molecule has 1 heterocycles. The lowest BCUT2D eigenvalue weighted by atomic mass is 10.2. The van der Waals surface area contributed by atoms with Crippen molar-refractivity contribution in [2.45, 2.75) is 6.54 Å². The molecule has 92 valence electrons. The Balaban J connectivity index is 2.42. The summed E-state index contributed by atoms with van der Waals surface area (Å²) in [6, 6.07) is 5.66. The van der Waals surface area contributed by atoms with E-state index >= 15 is 0 Å². The second-order valence-corrected chi connectivity index (χ2v) is 3.36. The molecule has 0 radical (unpaired) electrons. The van der Waals surface area contributed by atoms with Crippen molar-refractivity contribution in [2.75, 3.05) is 0 Å². The first-order chi connectivity index (χ1) is 8.58. The van der Waals surface area contributed by atoms with Crippen LogP contribution in [0.1, 0.15) is 0 Å². The summed E-state index contributed by atoms with van der Waals surface area (Å²) >= 11 is 0. The van der Waals surface area contributed by atoms with Crippen LogP contribution in [0.2, 0.25) is 0 Å². The number of hydrogen-bond acceptors (Lipinski definition) is 6. The fourth-order valence-corrected chi connectivity index (χ4v) is 1.40. The van der Waals surface area contributed by atoms with Crippen molar-refractivity contribution in [3.8, 4) is 11.4 Å². The molecule has 0 fully saturated rings. The molecule has 9 heteroatoms. The van der Waals surface area contributed by atoms with E-state index < -0.39 is 17.4 Å². The molecule has 0 saturated heterocycles. The first kappa shape index (κ1) is 11.6. The highest BCUT2D eigenvalue weighted by molar-refractivity contribution is 5.68.